The molecule has 0 aliphatic carbocycles. The summed E-state index contributed by atoms with van der Waals surface area (Å²) < 4.78 is 5.61. The molecule has 0 aromatic heterocycles. The lowest BCUT2D eigenvalue weighted by Gasteiger charge is -2.35. The largest absolute Gasteiger partial charge is 0.372 e. The number of nitrogens with zero attached hydrogens (tertiary/aromatic N) is 1. The van der Waals surface area contributed by atoms with E-state index in [9.17, 15) is 4.79 Å². The van der Waals surface area contributed by atoms with Gasteiger partial charge in [-0.3, -0.25) is 0 Å². The zero-order valence-corrected chi connectivity index (χ0v) is 12.2. The Morgan fingerprint density at radius 2 is 2.00 bits per heavy atom. The molecule has 0 bridgehead atoms. The number of nitrogens with one attached hydrogen (secondary N) is 1. The number of benzene rings is 1. The van der Waals surface area contributed by atoms with E-state index in [1.165, 1.54) is 0 Å². The van der Waals surface area contributed by atoms with Crippen molar-refractivity contribution in [2.75, 3.05) is 18.4 Å². The summed E-state index contributed by atoms with van der Waals surface area (Å²) in [7, 11) is 0. The number of carbonyl (C=O) groups excluding carboxylic acids is 1. The Bertz CT molecular complexity index is 469. The van der Waals surface area contributed by atoms with E-state index >= 15 is 0 Å². The second kappa shape index (κ2) is 5.80. The predicted molar refractivity (Wildman–Crippen MR) is 76.8 cm³/mol. The minimum absolute atomic E-state index is 0.0658. The number of ether oxygens (including phenoxy) is 1. The van der Waals surface area contributed by atoms with Gasteiger partial charge in [-0.25, -0.2) is 4.79 Å². The van der Waals surface area contributed by atoms with Gasteiger partial charge in [0.05, 0.1) is 12.2 Å². The van der Waals surface area contributed by atoms with Crippen molar-refractivity contribution in [2.24, 2.45) is 0 Å². The molecule has 1 aromatic rings. The highest BCUT2D eigenvalue weighted by molar-refractivity contribution is 6.31. The maximum absolute atomic E-state index is 12.2. The van der Waals surface area contributed by atoms with Crippen LogP contribution in [0.4, 0.5) is 10.5 Å². The van der Waals surface area contributed by atoms with Gasteiger partial charge in [-0.1, -0.05) is 17.7 Å². The average Bonchev–Trinajstić information content (AvgIpc) is 2.32. The summed E-state index contributed by atoms with van der Waals surface area (Å²) in [4.78, 5) is 13.9. The summed E-state index contributed by atoms with van der Waals surface area (Å²) in [5, 5.41) is 3.52. The summed E-state index contributed by atoms with van der Waals surface area (Å²) >= 11 is 6.04. The fourth-order valence-electron chi connectivity index (χ4n) is 2.22. The predicted octanol–water partition coefficient (Wildman–Crippen LogP) is 3.29. The molecule has 0 saturated carbocycles. The van der Waals surface area contributed by atoms with Crippen molar-refractivity contribution in [1.29, 1.82) is 0 Å². The quantitative estimate of drug-likeness (QED) is 0.859. The summed E-state index contributed by atoms with van der Waals surface area (Å²) in [5.41, 5.74) is 1.71. The minimum atomic E-state index is -0.109. The number of urea groups is 1. The topological polar surface area (TPSA) is 41.6 Å². The lowest BCUT2D eigenvalue weighted by molar-refractivity contribution is -0.0530. The van der Waals surface area contributed by atoms with Crippen LogP contribution >= 0.6 is 11.6 Å². The van der Waals surface area contributed by atoms with Gasteiger partial charge < -0.3 is 15.0 Å². The molecular weight excluding hydrogens is 264 g/mol. The van der Waals surface area contributed by atoms with Gasteiger partial charge in [-0.15, -0.1) is 0 Å². The first kappa shape index (κ1) is 14.2. The Balaban J connectivity index is 2.02. The molecule has 1 aromatic carbocycles. The molecule has 104 valence electrons. The summed E-state index contributed by atoms with van der Waals surface area (Å²) in [6, 6.07) is 5.40. The molecule has 4 nitrogen and oxygen atoms in total. The number of morpholine rings is 1. The van der Waals surface area contributed by atoms with Crippen LogP contribution in [0.2, 0.25) is 5.02 Å². The van der Waals surface area contributed by atoms with Crippen LogP contribution in [0.5, 0.6) is 0 Å². The Labute approximate surface area is 118 Å². The van der Waals surface area contributed by atoms with Crippen LogP contribution in [-0.4, -0.2) is 36.2 Å². The summed E-state index contributed by atoms with van der Waals surface area (Å²) in [6.45, 7) is 7.09. The SMILES string of the molecule is Cc1ccc(NC(=O)N2CC(C)OC(C)C2)cc1Cl. The van der Waals surface area contributed by atoms with E-state index in [1.54, 1.807) is 11.0 Å². The Morgan fingerprint density at radius 3 is 2.58 bits per heavy atom. The molecule has 2 amide bonds. The van der Waals surface area contributed by atoms with E-state index in [1.807, 2.05) is 32.9 Å². The smallest absolute Gasteiger partial charge is 0.322 e. The number of hydrogen-bond acceptors (Lipinski definition) is 2. The second-order valence-corrected chi connectivity index (χ2v) is 5.46. The molecule has 5 heteroatoms. The highest BCUT2D eigenvalue weighted by atomic mass is 35.5. The number of aryl methyl sites for hydroxylation is 1. The van der Waals surface area contributed by atoms with E-state index in [0.717, 1.165) is 5.56 Å². The molecule has 1 saturated heterocycles. The molecule has 1 heterocycles. The van der Waals surface area contributed by atoms with Crippen molar-refractivity contribution in [3.8, 4) is 0 Å². The van der Waals surface area contributed by atoms with E-state index < -0.39 is 0 Å². The van der Waals surface area contributed by atoms with Gasteiger partial charge in [-0.2, -0.15) is 0 Å². The van der Waals surface area contributed by atoms with Crippen molar-refractivity contribution in [1.82, 2.24) is 4.90 Å². The normalized spacial score (nSPS) is 23.3. The van der Waals surface area contributed by atoms with Crippen LogP contribution in [0.3, 0.4) is 0 Å². The summed E-state index contributed by atoms with van der Waals surface area (Å²) in [5.74, 6) is 0. The molecular formula is C14H19ClN2O2. The van der Waals surface area contributed by atoms with Gasteiger partial charge in [-0.05, 0) is 38.5 Å². The highest BCUT2D eigenvalue weighted by Crippen LogP contribution is 2.20. The standard InChI is InChI=1S/C14H19ClN2O2/c1-9-4-5-12(6-13(9)15)16-14(18)17-7-10(2)19-11(3)8-17/h4-6,10-11H,7-8H2,1-3H3,(H,16,18). The van der Waals surface area contributed by atoms with Gasteiger partial charge in [0.2, 0.25) is 0 Å². The fraction of sp³-hybridized carbons (Fsp3) is 0.500. The third-order valence-electron chi connectivity index (χ3n) is 3.13. The van der Waals surface area contributed by atoms with Gasteiger partial charge in [0.25, 0.3) is 0 Å². The third-order valence-corrected chi connectivity index (χ3v) is 3.54. The number of hydrogen-bond donors (Lipinski definition) is 1. The van der Waals surface area contributed by atoms with Crippen LogP contribution in [0.1, 0.15) is 19.4 Å². The first-order valence-electron chi connectivity index (χ1n) is 6.43. The Hall–Kier alpha value is -1.26. The van der Waals surface area contributed by atoms with E-state index in [2.05, 4.69) is 5.32 Å². The Kier molecular flexibility index (Phi) is 4.32. The van der Waals surface area contributed by atoms with Gasteiger partial charge in [0.15, 0.2) is 0 Å². The average molecular weight is 283 g/mol. The molecule has 1 N–H and O–H groups in total. The van der Waals surface area contributed by atoms with Crippen LogP contribution in [0.15, 0.2) is 18.2 Å². The van der Waals surface area contributed by atoms with Crippen LogP contribution in [-0.2, 0) is 4.74 Å². The number of halogens is 1. The van der Waals surface area contributed by atoms with Gasteiger partial charge >= 0.3 is 6.03 Å². The van der Waals surface area contributed by atoms with Crippen LogP contribution in [0, 0.1) is 6.92 Å². The van der Waals surface area contributed by atoms with Crippen molar-refractivity contribution >= 4 is 23.3 Å². The van der Waals surface area contributed by atoms with Crippen LogP contribution < -0.4 is 5.32 Å². The molecule has 0 radical (unpaired) electrons. The number of carbonyl (C=O) groups is 1. The van der Waals surface area contributed by atoms with Crippen molar-refractivity contribution in [3.63, 3.8) is 0 Å². The lowest BCUT2D eigenvalue weighted by Crippen LogP contribution is -2.49. The fourth-order valence-corrected chi connectivity index (χ4v) is 2.40. The third kappa shape index (κ3) is 3.61. The molecule has 1 fully saturated rings. The molecule has 2 unspecified atom stereocenters. The van der Waals surface area contributed by atoms with Crippen molar-refractivity contribution in [2.45, 2.75) is 33.0 Å². The first-order valence-corrected chi connectivity index (χ1v) is 6.81. The molecule has 19 heavy (non-hydrogen) atoms. The van der Waals surface area contributed by atoms with E-state index in [-0.39, 0.29) is 18.2 Å². The van der Waals surface area contributed by atoms with Crippen molar-refractivity contribution in [3.05, 3.63) is 28.8 Å². The molecule has 2 atom stereocenters. The second-order valence-electron chi connectivity index (χ2n) is 5.06. The molecule has 1 aliphatic heterocycles. The minimum Gasteiger partial charge on any atom is -0.372 e. The van der Waals surface area contributed by atoms with E-state index in [0.29, 0.717) is 23.8 Å². The van der Waals surface area contributed by atoms with Gasteiger partial charge in [0, 0.05) is 23.8 Å². The van der Waals surface area contributed by atoms with E-state index in [4.69, 9.17) is 16.3 Å². The highest BCUT2D eigenvalue weighted by Gasteiger charge is 2.25. The zero-order chi connectivity index (χ0) is 14.0. The lowest BCUT2D eigenvalue weighted by atomic mass is 10.2. The first-order chi connectivity index (χ1) is 8.95. The molecule has 0 spiro atoms. The van der Waals surface area contributed by atoms with Gasteiger partial charge in [0.1, 0.15) is 0 Å². The van der Waals surface area contributed by atoms with Crippen molar-refractivity contribution < 1.29 is 9.53 Å². The molecule has 1 aliphatic rings. The zero-order valence-electron chi connectivity index (χ0n) is 11.4. The molecule has 2 rings (SSSR count). The maximum atomic E-state index is 12.2. The summed E-state index contributed by atoms with van der Waals surface area (Å²) in [6.07, 6.45) is 0.132. The number of anilines is 1. The maximum Gasteiger partial charge on any atom is 0.322 e. The monoisotopic (exact) mass is 282 g/mol. The van der Waals surface area contributed by atoms with Crippen LogP contribution in [0.25, 0.3) is 0 Å². The number of rotatable bonds is 1. The Morgan fingerprint density at radius 1 is 1.37 bits per heavy atom. The number of amides is 2.